The number of hydrogen-bond donors (Lipinski definition) is 0. The van der Waals surface area contributed by atoms with E-state index in [2.05, 4.69) is 6.08 Å². The highest BCUT2D eigenvalue weighted by Gasteiger charge is 2.56. The number of anilines is 1. The minimum absolute atomic E-state index is 0.0230. The van der Waals surface area contributed by atoms with Crippen molar-refractivity contribution in [3.63, 3.8) is 0 Å². The van der Waals surface area contributed by atoms with E-state index in [1.54, 1.807) is 11.8 Å². The number of ether oxygens (including phenoxy) is 1. The van der Waals surface area contributed by atoms with Gasteiger partial charge in [0.15, 0.2) is 0 Å². The van der Waals surface area contributed by atoms with Gasteiger partial charge in [0.1, 0.15) is 0 Å². The number of rotatable bonds is 3. The summed E-state index contributed by atoms with van der Waals surface area (Å²) in [6, 6.07) is 9.34. The average Bonchev–Trinajstić information content (AvgIpc) is 2.77. The maximum Gasteiger partial charge on any atom is 0.312 e. The molecule has 4 heteroatoms. The van der Waals surface area contributed by atoms with Gasteiger partial charge in [-0.1, -0.05) is 36.8 Å². The SMILES string of the molecule is CCOC(=O)C1C2C(=O)N(c3ccccc3)C1C(C)=CC2C. The standard InChI is InChI=1S/C18H21NO3/c1-4-22-18(21)15-14-11(2)10-12(3)16(15)19(17(14)20)13-8-6-5-7-9-13/h5-11,14-16H,4H2,1-3H3. The van der Waals surface area contributed by atoms with Crippen molar-refractivity contribution in [1.29, 1.82) is 0 Å². The summed E-state index contributed by atoms with van der Waals surface area (Å²) in [7, 11) is 0. The molecule has 2 aliphatic rings. The molecule has 1 amide bonds. The van der Waals surface area contributed by atoms with Crippen molar-refractivity contribution in [2.45, 2.75) is 26.8 Å². The van der Waals surface area contributed by atoms with E-state index in [0.29, 0.717) is 6.61 Å². The average molecular weight is 299 g/mol. The summed E-state index contributed by atoms with van der Waals surface area (Å²) in [5, 5.41) is 0. The molecule has 1 aliphatic heterocycles. The van der Waals surface area contributed by atoms with Crippen LogP contribution < -0.4 is 4.90 Å². The van der Waals surface area contributed by atoms with Crippen molar-refractivity contribution in [2.75, 3.05) is 11.5 Å². The molecular weight excluding hydrogens is 278 g/mol. The van der Waals surface area contributed by atoms with Gasteiger partial charge in [0, 0.05) is 5.69 Å². The highest BCUT2D eigenvalue weighted by molar-refractivity contribution is 6.04. The lowest BCUT2D eigenvalue weighted by Gasteiger charge is -2.31. The van der Waals surface area contributed by atoms with Gasteiger partial charge in [-0.3, -0.25) is 9.59 Å². The summed E-state index contributed by atoms with van der Waals surface area (Å²) < 4.78 is 5.25. The van der Waals surface area contributed by atoms with Crippen LogP contribution in [0, 0.1) is 17.8 Å². The molecule has 0 N–H and O–H groups in total. The lowest BCUT2D eigenvalue weighted by molar-refractivity contribution is -0.151. The molecule has 3 rings (SSSR count). The van der Waals surface area contributed by atoms with Crippen molar-refractivity contribution in [1.82, 2.24) is 0 Å². The number of fused-ring (bicyclic) bond motifs is 2. The van der Waals surface area contributed by atoms with E-state index in [0.717, 1.165) is 11.3 Å². The summed E-state index contributed by atoms with van der Waals surface area (Å²) in [5.74, 6) is -0.925. The van der Waals surface area contributed by atoms with Crippen LogP contribution in [0.4, 0.5) is 5.69 Å². The fraction of sp³-hybridized carbons (Fsp3) is 0.444. The minimum atomic E-state index is -0.410. The lowest BCUT2D eigenvalue weighted by Crippen LogP contribution is -2.40. The molecule has 1 fully saturated rings. The Hall–Kier alpha value is -2.10. The molecule has 4 unspecified atom stereocenters. The lowest BCUT2D eigenvalue weighted by atomic mass is 9.74. The summed E-state index contributed by atoms with van der Waals surface area (Å²) in [5.41, 5.74) is 1.91. The summed E-state index contributed by atoms with van der Waals surface area (Å²) in [4.78, 5) is 27.2. The number of hydrogen-bond acceptors (Lipinski definition) is 3. The van der Waals surface area contributed by atoms with Gasteiger partial charge in [-0.2, -0.15) is 0 Å². The monoisotopic (exact) mass is 299 g/mol. The first-order chi connectivity index (χ1) is 10.6. The van der Waals surface area contributed by atoms with E-state index < -0.39 is 5.92 Å². The van der Waals surface area contributed by atoms with Crippen molar-refractivity contribution < 1.29 is 14.3 Å². The van der Waals surface area contributed by atoms with Crippen molar-refractivity contribution >= 4 is 17.6 Å². The molecule has 4 atom stereocenters. The van der Waals surface area contributed by atoms with E-state index in [4.69, 9.17) is 4.74 Å². The van der Waals surface area contributed by atoms with Crippen LogP contribution in [0.1, 0.15) is 20.8 Å². The topological polar surface area (TPSA) is 46.6 Å². The fourth-order valence-electron chi connectivity index (χ4n) is 3.85. The van der Waals surface area contributed by atoms with Gasteiger partial charge in [-0.25, -0.2) is 0 Å². The van der Waals surface area contributed by atoms with Gasteiger partial charge in [0.25, 0.3) is 0 Å². The molecule has 116 valence electrons. The molecule has 0 spiro atoms. The van der Waals surface area contributed by atoms with Crippen LogP contribution in [0.25, 0.3) is 0 Å². The third kappa shape index (κ3) is 2.14. The second-order valence-corrected chi connectivity index (χ2v) is 6.06. The van der Waals surface area contributed by atoms with Crippen molar-refractivity contribution in [3.05, 3.63) is 42.0 Å². The Morgan fingerprint density at radius 1 is 1.27 bits per heavy atom. The number of amides is 1. The van der Waals surface area contributed by atoms with Crippen LogP contribution in [-0.2, 0) is 14.3 Å². The molecule has 1 saturated heterocycles. The highest BCUT2D eigenvalue weighted by Crippen LogP contribution is 2.46. The van der Waals surface area contributed by atoms with E-state index in [1.165, 1.54) is 0 Å². The maximum atomic E-state index is 12.9. The normalized spacial score (nSPS) is 30.2. The first-order valence-corrected chi connectivity index (χ1v) is 7.79. The fourth-order valence-corrected chi connectivity index (χ4v) is 3.85. The first-order valence-electron chi connectivity index (χ1n) is 7.79. The molecular formula is C18H21NO3. The van der Waals surface area contributed by atoms with Gasteiger partial charge in [-0.15, -0.1) is 0 Å². The predicted molar refractivity (Wildman–Crippen MR) is 84.3 cm³/mol. The zero-order valence-electron chi connectivity index (χ0n) is 13.2. The number of carbonyl (C=O) groups excluding carboxylic acids is 2. The quantitative estimate of drug-likeness (QED) is 0.637. The van der Waals surface area contributed by atoms with E-state index in [1.807, 2.05) is 44.2 Å². The van der Waals surface area contributed by atoms with Gasteiger partial charge in [0.2, 0.25) is 5.91 Å². The Morgan fingerprint density at radius 3 is 2.59 bits per heavy atom. The molecule has 22 heavy (non-hydrogen) atoms. The van der Waals surface area contributed by atoms with Gasteiger partial charge >= 0.3 is 5.97 Å². The molecule has 0 radical (unpaired) electrons. The zero-order valence-corrected chi connectivity index (χ0v) is 13.2. The summed E-state index contributed by atoms with van der Waals surface area (Å²) in [6.07, 6.45) is 2.12. The van der Waals surface area contributed by atoms with Gasteiger partial charge in [-0.05, 0) is 31.9 Å². The second kappa shape index (κ2) is 5.59. The third-order valence-corrected chi connectivity index (χ3v) is 4.68. The van der Waals surface area contributed by atoms with Gasteiger partial charge < -0.3 is 9.64 Å². The maximum absolute atomic E-state index is 12.9. The molecule has 1 aromatic rings. The first kappa shape index (κ1) is 14.8. The highest BCUT2D eigenvalue weighted by atomic mass is 16.5. The van der Waals surface area contributed by atoms with Crippen molar-refractivity contribution in [3.8, 4) is 0 Å². The number of para-hydroxylation sites is 1. The van der Waals surface area contributed by atoms with E-state index >= 15 is 0 Å². The number of benzene rings is 1. The Kier molecular flexibility index (Phi) is 3.77. The molecule has 0 saturated carbocycles. The number of esters is 1. The zero-order chi connectivity index (χ0) is 15.9. The Morgan fingerprint density at radius 2 is 1.95 bits per heavy atom. The van der Waals surface area contributed by atoms with Crippen molar-refractivity contribution in [2.24, 2.45) is 17.8 Å². The smallest absolute Gasteiger partial charge is 0.312 e. The molecule has 2 bridgehead atoms. The summed E-state index contributed by atoms with van der Waals surface area (Å²) in [6.45, 7) is 6.14. The van der Waals surface area contributed by atoms with E-state index in [9.17, 15) is 9.59 Å². The Bertz CT molecular complexity index is 622. The number of carbonyl (C=O) groups is 2. The summed E-state index contributed by atoms with van der Waals surface area (Å²) >= 11 is 0. The van der Waals surface area contributed by atoms with Crippen LogP contribution in [0.2, 0.25) is 0 Å². The Labute approximate surface area is 130 Å². The van der Waals surface area contributed by atoms with Gasteiger partial charge in [0.05, 0.1) is 24.5 Å². The predicted octanol–water partition coefficient (Wildman–Crippen LogP) is 2.79. The second-order valence-electron chi connectivity index (χ2n) is 6.06. The van der Waals surface area contributed by atoms with Crippen LogP contribution in [0.15, 0.2) is 42.0 Å². The molecule has 1 heterocycles. The molecule has 0 aromatic heterocycles. The van der Waals surface area contributed by atoms with Crippen LogP contribution in [0.3, 0.4) is 0 Å². The third-order valence-electron chi connectivity index (χ3n) is 4.68. The number of nitrogens with zero attached hydrogens (tertiary/aromatic N) is 1. The minimum Gasteiger partial charge on any atom is -0.466 e. The van der Waals surface area contributed by atoms with E-state index in [-0.39, 0.29) is 29.8 Å². The molecule has 1 aromatic carbocycles. The van der Waals surface area contributed by atoms with Crippen LogP contribution >= 0.6 is 0 Å². The number of allylic oxidation sites excluding steroid dienone is 1. The Balaban J connectivity index is 2.06. The molecule has 1 aliphatic carbocycles. The largest absolute Gasteiger partial charge is 0.466 e. The van der Waals surface area contributed by atoms with Crippen LogP contribution in [0.5, 0.6) is 0 Å². The molecule has 4 nitrogen and oxygen atoms in total. The van der Waals surface area contributed by atoms with Crippen LogP contribution in [-0.4, -0.2) is 24.5 Å².